The number of carbonyl (C=O) groups is 1. The summed E-state index contributed by atoms with van der Waals surface area (Å²) < 4.78 is 4.93. The summed E-state index contributed by atoms with van der Waals surface area (Å²) in [4.78, 5) is 20.0. The van der Waals surface area contributed by atoms with Gasteiger partial charge in [0.05, 0.1) is 19.0 Å². The minimum absolute atomic E-state index is 0.256. The molecule has 19 heavy (non-hydrogen) atoms. The summed E-state index contributed by atoms with van der Waals surface area (Å²) >= 11 is 0. The standard InChI is InChI=1S/C12H13N5O2/c1-19-11-6-5-8(7-14-11)15-12(18)9-3-2-4-10(16-9)17-13/h2-7H,13H2,1H3,(H,15,18)(H,16,17). The summed E-state index contributed by atoms with van der Waals surface area (Å²) in [6.45, 7) is 0. The van der Waals surface area contributed by atoms with Crippen molar-refractivity contribution in [3.8, 4) is 5.88 Å². The molecule has 0 radical (unpaired) electrons. The average Bonchev–Trinajstić information content (AvgIpc) is 2.48. The number of methoxy groups -OCH3 is 1. The molecule has 0 bridgehead atoms. The molecule has 4 N–H and O–H groups in total. The largest absolute Gasteiger partial charge is 0.481 e. The van der Waals surface area contributed by atoms with Crippen molar-refractivity contribution in [1.29, 1.82) is 0 Å². The monoisotopic (exact) mass is 259 g/mol. The molecule has 2 aromatic rings. The van der Waals surface area contributed by atoms with Crippen molar-refractivity contribution in [2.24, 2.45) is 5.84 Å². The third-order valence-electron chi connectivity index (χ3n) is 2.33. The molecule has 2 rings (SSSR count). The Kier molecular flexibility index (Phi) is 3.89. The topological polar surface area (TPSA) is 102 Å². The first-order valence-corrected chi connectivity index (χ1v) is 5.48. The van der Waals surface area contributed by atoms with Crippen LogP contribution < -0.4 is 21.3 Å². The zero-order chi connectivity index (χ0) is 13.7. The van der Waals surface area contributed by atoms with Gasteiger partial charge < -0.3 is 15.5 Å². The maximum atomic E-state index is 11.9. The second kappa shape index (κ2) is 5.78. The first kappa shape index (κ1) is 12.8. The first-order valence-electron chi connectivity index (χ1n) is 5.48. The Morgan fingerprint density at radius 1 is 1.32 bits per heavy atom. The number of hydrogen-bond acceptors (Lipinski definition) is 6. The Bertz CT molecular complexity index is 571. The number of ether oxygens (including phenoxy) is 1. The molecule has 7 nitrogen and oxygen atoms in total. The van der Waals surface area contributed by atoms with Crippen LogP contribution in [-0.4, -0.2) is 23.0 Å². The maximum Gasteiger partial charge on any atom is 0.274 e. The quantitative estimate of drug-likeness (QED) is 0.559. The number of nitrogens with one attached hydrogen (secondary N) is 2. The van der Waals surface area contributed by atoms with Crippen LogP contribution in [0.5, 0.6) is 5.88 Å². The molecule has 98 valence electrons. The lowest BCUT2D eigenvalue weighted by Gasteiger charge is -2.06. The molecule has 0 saturated carbocycles. The number of pyridine rings is 2. The summed E-state index contributed by atoms with van der Waals surface area (Å²) in [5.41, 5.74) is 3.19. The molecule has 0 atom stereocenters. The van der Waals surface area contributed by atoms with Crippen molar-refractivity contribution in [3.63, 3.8) is 0 Å². The lowest BCUT2D eigenvalue weighted by molar-refractivity contribution is 0.102. The van der Waals surface area contributed by atoms with Crippen LogP contribution in [0.4, 0.5) is 11.5 Å². The first-order chi connectivity index (χ1) is 9.22. The highest BCUT2D eigenvalue weighted by Gasteiger charge is 2.08. The fourth-order valence-corrected chi connectivity index (χ4v) is 1.41. The molecular weight excluding hydrogens is 246 g/mol. The van der Waals surface area contributed by atoms with Crippen LogP contribution in [0.25, 0.3) is 0 Å². The normalized spacial score (nSPS) is 9.79. The van der Waals surface area contributed by atoms with Crippen LogP contribution in [0.1, 0.15) is 10.5 Å². The predicted molar refractivity (Wildman–Crippen MR) is 70.8 cm³/mol. The van der Waals surface area contributed by atoms with E-state index < -0.39 is 0 Å². The van der Waals surface area contributed by atoms with Gasteiger partial charge >= 0.3 is 0 Å². The van der Waals surface area contributed by atoms with E-state index in [0.717, 1.165) is 0 Å². The maximum absolute atomic E-state index is 11.9. The van der Waals surface area contributed by atoms with Gasteiger partial charge in [0.25, 0.3) is 5.91 Å². The van der Waals surface area contributed by atoms with E-state index in [1.165, 1.54) is 13.3 Å². The number of nitrogen functional groups attached to an aromatic ring is 1. The summed E-state index contributed by atoms with van der Waals surface area (Å²) in [6.07, 6.45) is 1.50. The van der Waals surface area contributed by atoms with Crippen molar-refractivity contribution in [2.45, 2.75) is 0 Å². The number of hydrogen-bond donors (Lipinski definition) is 3. The predicted octanol–water partition coefficient (Wildman–Crippen LogP) is 1.02. The summed E-state index contributed by atoms with van der Waals surface area (Å²) in [5, 5.41) is 2.67. The number of aromatic nitrogens is 2. The van der Waals surface area contributed by atoms with E-state index >= 15 is 0 Å². The zero-order valence-corrected chi connectivity index (χ0v) is 10.3. The van der Waals surface area contributed by atoms with Crippen molar-refractivity contribution >= 4 is 17.4 Å². The van der Waals surface area contributed by atoms with Crippen molar-refractivity contribution in [2.75, 3.05) is 17.9 Å². The summed E-state index contributed by atoms with van der Waals surface area (Å²) in [7, 11) is 1.52. The van der Waals surface area contributed by atoms with E-state index in [2.05, 4.69) is 20.7 Å². The van der Waals surface area contributed by atoms with Gasteiger partial charge in [-0.3, -0.25) is 4.79 Å². The number of anilines is 2. The van der Waals surface area contributed by atoms with Gasteiger partial charge in [-0.25, -0.2) is 15.8 Å². The number of nitrogens with zero attached hydrogens (tertiary/aromatic N) is 2. The smallest absolute Gasteiger partial charge is 0.274 e. The fraction of sp³-hybridized carbons (Fsp3) is 0.0833. The van der Waals surface area contributed by atoms with Gasteiger partial charge in [-0.05, 0) is 18.2 Å². The lowest BCUT2D eigenvalue weighted by atomic mass is 10.3. The fourth-order valence-electron chi connectivity index (χ4n) is 1.41. The van der Waals surface area contributed by atoms with Gasteiger partial charge in [0, 0.05) is 6.07 Å². The molecule has 0 saturated heterocycles. The van der Waals surface area contributed by atoms with Crippen LogP contribution in [0.2, 0.25) is 0 Å². The molecule has 2 aromatic heterocycles. The summed E-state index contributed by atoms with van der Waals surface area (Å²) in [6, 6.07) is 8.28. The van der Waals surface area contributed by atoms with E-state index in [9.17, 15) is 4.79 Å². The zero-order valence-electron chi connectivity index (χ0n) is 10.3. The molecule has 2 heterocycles. The van der Waals surface area contributed by atoms with E-state index in [1.807, 2.05) is 0 Å². The van der Waals surface area contributed by atoms with Crippen LogP contribution in [0, 0.1) is 0 Å². The molecule has 0 aliphatic rings. The Hall–Kier alpha value is -2.67. The van der Waals surface area contributed by atoms with Gasteiger partial charge in [-0.1, -0.05) is 6.07 Å². The Balaban J connectivity index is 2.11. The molecule has 0 aromatic carbocycles. The highest BCUT2D eigenvalue weighted by atomic mass is 16.5. The third-order valence-corrected chi connectivity index (χ3v) is 2.33. The van der Waals surface area contributed by atoms with Crippen molar-refractivity contribution < 1.29 is 9.53 Å². The molecule has 0 aliphatic heterocycles. The minimum atomic E-state index is -0.343. The molecule has 0 spiro atoms. The van der Waals surface area contributed by atoms with Crippen LogP contribution in [0.3, 0.4) is 0 Å². The van der Waals surface area contributed by atoms with E-state index in [4.69, 9.17) is 10.6 Å². The number of hydrazine groups is 1. The molecular formula is C12H13N5O2. The van der Waals surface area contributed by atoms with Crippen LogP contribution >= 0.6 is 0 Å². The van der Waals surface area contributed by atoms with E-state index in [-0.39, 0.29) is 11.6 Å². The number of carbonyl (C=O) groups excluding carboxylic acids is 1. The molecule has 0 fully saturated rings. The lowest BCUT2D eigenvalue weighted by Crippen LogP contribution is -2.16. The van der Waals surface area contributed by atoms with Gasteiger partial charge in [0.15, 0.2) is 0 Å². The van der Waals surface area contributed by atoms with E-state index in [1.54, 1.807) is 30.3 Å². The Labute approximate surface area is 109 Å². The van der Waals surface area contributed by atoms with Gasteiger partial charge in [0.2, 0.25) is 5.88 Å². The van der Waals surface area contributed by atoms with Crippen LogP contribution in [0.15, 0.2) is 36.5 Å². The SMILES string of the molecule is COc1ccc(NC(=O)c2cccc(NN)n2)cn1. The average molecular weight is 259 g/mol. The highest BCUT2D eigenvalue weighted by molar-refractivity contribution is 6.02. The van der Waals surface area contributed by atoms with Gasteiger partial charge in [-0.15, -0.1) is 0 Å². The third kappa shape index (κ3) is 3.17. The number of amides is 1. The summed E-state index contributed by atoms with van der Waals surface area (Å²) in [5.74, 6) is 5.79. The van der Waals surface area contributed by atoms with Crippen molar-refractivity contribution in [3.05, 3.63) is 42.2 Å². The highest BCUT2D eigenvalue weighted by Crippen LogP contribution is 2.12. The molecule has 0 aliphatic carbocycles. The Morgan fingerprint density at radius 3 is 2.79 bits per heavy atom. The second-order valence-electron chi connectivity index (χ2n) is 3.60. The molecule has 1 amide bonds. The number of nitrogens with two attached hydrogens (primary N) is 1. The van der Waals surface area contributed by atoms with Gasteiger partial charge in [-0.2, -0.15) is 0 Å². The Morgan fingerprint density at radius 2 is 2.16 bits per heavy atom. The second-order valence-corrected chi connectivity index (χ2v) is 3.60. The molecule has 0 unspecified atom stereocenters. The van der Waals surface area contributed by atoms with Gasteiger partial charge in [0.1, 0.15) is 11.5 Å². The number of rotatable bonds is 4. The van der Waals surface area contributed by atoms with Crippen molar-refractivity contribution in [1.82, 2.24) is 9.97 Å². The van der Waals surface area contributed by atoms with E-state index in [0.29, 0.717) is 17.4 Å². The molecule has 7 heteroatoms. The minimum Gasteiger partial charge on any atom is -0.481 e. The van der Waals surface area contributed by atoms with Crippen LogP contribution in [-0.2, 0) is 0 Å².